The standard InChI is InChI=1S/C10H15NO3S/c12-9-11-6-2-1-4-10-5-3-7-15(13,14)8-10/h1-2,10H,3-8H2/b2-1-. The minimum Gasteiger partial charge on any atom is -0.229 e. The van der Waals surface area contributed by atoms with Gasteiger partial charge < -0.3 is 0 Å². The summed E-state index contributed by atoms with van der Waals surface area (Å²) in [5.74, 6) is 0.872. The topological polar surface area (TPSA) is 63.6 Å². The van der Waals surface area contributed by atoms with Crippen LogP contribution in [-0.4, -0.2) is 32.5 Å². The molecule has 1 rings (SSSR count). The van der Waals surface area contributed by atoms with Crippen molar-refractivity contribution in [2.24, 2.45) is 10.9 Å². The van der Waals surface area contributed by atoms with E-state index in [9.17, 15) is 13.2 Å². The van der Waals surface area contributed by atoms with Crippen LogP contribution < -0.4 is 0 Å². The fourth-order valence-corrected chi connectivity index (χ4v) is 3.55. The van der Waals surface area contributed by atoms with Crippen LogP contribution in [-0.2, 0) is 14.6 Å². The van der Waals surface area contributed by atoms with Crippen molar-refractivity contribution in [1.29, 1.82) is 0 Å². The lowest BCUT2D eigenvalue weighted by Crippen LogP contribution is -2.24. The molecule has 15 heavy (non-hydrogen) atoms. The molecule has 0 radical (unpaired) electrons. The summed E-state index contributed by atoms with van der Waals surface area (Å²) in [5, 5.41) is 0. The zero-order chi connectivity index (χ0) is 11.1. The molecule has 84 valence electrons. The van der Waals surface area contributed by atoms with Gasteiger partial charge in [-0.1, -0.05) is 12.2 Å². The van der Waals surface area contributed by atoms with E-state index in [-0.39, 0.29) is 5.92 Å². The Labute approximate surface area is 90.0 Å². The molecule has 1 fully saturated rings. The van der Waals surface area contributed by atoms with E-state index in [0.29, 0.717) is 18.1 Å². The zero-order valence-electron chi connectivity index (χ0n) is 8.55. The summed E-state index contributed by atoms with van der Waals surface area (Å²) in [4.78, 5) is 13.1. The largest absolute Gasteiger partial charge is 0.235 e. The number of nitrogens with zero attached hydrogens (tertiary/aromatic N) is 1. The van der Waals surface area contributed by atoms with Gasteiger partial charge >= 0.3 is 0 Å². The SMILES string of the molecule is O=C=NC/C=C\CC1CCCS(=O)(=O)C1. The Morgan fingerprint density at radius 3 is 2.87 bits per heavy atom. The van der Waals surface area contributed by atoms with Gasteiger partial charge in [0.1, 0.15) is 0 Å². The van der Waals surface area contributed by atoms with Crippen LogP contribution in [0.3, 0.4) is 0 Å². The highest BCUT2D eigenvalue weighted by Crippen LogP contribution is 2.21. The third kappa shape index (κ3) is 4.91. The molecule has 5 heteroatoms. The number of allylic oxidation sites excluding steroid dienone is 1. The number of hydrogen-bond donors (Lipinski definition) is 0. The summed E-state index contributed by atoms with van der Waals surface area (Å²) in [7, 11) is -2.80. The Bertz CT molecular complexity index is 366. The normalized spacial score (nSPS) is 24.9. The number of carbonyl (C=O) groups excluding carboxylic acids is 1. The van der Waals surface area contributed by atoms with Gasteiger partial charge in [0, 0.05) is 0 Å². The van der Waals surface area contributed by atoms with Gasteiger partial charge in [0.05, 0.1) is 18.1 Å². The lowest BCUT2D eigenvalue weighted by Gasteiger charge is -2.20. The summed E-state index contributed by atoms with van der Waals surface area (Å²) in [6.45, 7) is 0.336. The van der Waals surface area contributed by atoms with Gasteiger partial charge in [-0.25, -0.2) is 18.2 Å². The van der Waals surface area contributed by atoms with Crippen molar-refractivity contribution in [2.75, 3.05) is 18.1 Å². The molecule has 0 spiro atoms. The van der Waals surface area contributed by atoms with E-state index in [4.69, 9.17) is 0 Å². The van der Waals surface area contributed by atoms with Crippen LogP contribution in [0.5, 0.6) is 0 Å². The molecule has 0 saturated carbocycles. The Kier molecular flexibility index (Phi) is 4.72. The molecule has 0 bridgehead atoms. The summed E-state index contributed by atoms with van der Waals surface area (Å²) in [6, 6.07) is 0. The van der Waals surface area contributed by atoms with Gasteiger partial charge in [-0.15, -0.1) is 0 Å². The van der Waals surface area contributed by atoms with E-state index in [2.05, 4.69) is 4.99 Å². The van der Waals surface area contributed by atoms with Gasteiger partial charge in [-0.05, 0) is 25.2 Å². The van der Waals surface area contributed by atoms with Crippen molar-refractivity contribution < 1.29 is 13.2 Å². The maximum absolute atomic E-state index is 11.3. The smallest absolute Gasteiger partial charge is 0.229 e. The van der Waals surface area contributed by atoms with Crippen molar-refractivity contribution in [2.45, 2.75) is 19.3 Å². The van der Waals surface area contributed by atoms with Crippen LogP contribution in [0.2, 0.25) is 0 Å². The van der Waals surface area contributed by atoms with E-state index in [1.54, 1.807) is 6.08 Å². The van der Waals surface area contributed by atoms with Gasteiger partial charge in [-0.2, -0.15) is 0 Å². The monoisotopic (exact) mass is 229 g/mol. The second-order valence-electron chi connectivity index (χ2n) is 3.76. The molecule has 0 N–H and O–H groups in total. The van der Waals surface area contributed by atoms with Crippen LogP contribution in [0, 0.1) is 5.92 Å². The molecule has 1 atom stereocenters. The number of rotatable bonds is 4. The van der Waals surface area contributed by atoms with Crippen LogP contribution >= 0.6 is 0 Å². The zero-order valence-corrected chi connectivity index (χ0v) is 9.37. The molecule has 1 unspecified atom stereocenters. The first-order chi connectivity index (χ1) is 7.14. The maximum atomic E-state index is 11.3. The van der Waals surface area contributed by atoms with Gasteiger partial charge in [0.2, 0.25) is 6.08 Å². The van der Waals surface area contributed by atoms with E-state index in [1.165, 1.54) is 6.08 Å². The van der Waals surface area contributed by atoms with Crippen LogP contribution in [0.25, 0.3) is 0 Å². The molecule has 0 aromatic heterocycles. The van der Waals surface area contributed by atoms with Crippen molar-refractivity contribution in [3.8, 4) is 0 Å². The van der Waals surface area contributed by atoms with E-state index >= 15 is 0 Å². The van der Waals surface area contributed by atoms with Crippen LogP contribution in [0.4, 0.5) is 0 Å². The third-order valence-electron chi connectivity index (χ3n) is 2.45. The molecule has 0 amide bonds. The molecule has 1 aliphatic rings. The Morgan fingerprint density at radius 2 is 2.20 bits per heavy atom. The second-order valence-corrected chi connectivity index (χ2v) is 5.99. The first-order valence-electron chi connectivity index (χ1n) is 5.03. The lowest BCUT2D eigenvalue weighted by molar-refractivity contribution is 0.489. The highest BCUT2D eigenvalue weighted by Gasteiger charge is 2.23. The quantitative estimate of drug-likeness (QED) is 0.412. The number of hydrogen-bond acceptors (Lipinski definition) is 4. The second kappa shape index (κ2) is 5.83. The fourth-order valence-electron chi connectivity index (χ4n) is 1.76. The molecule has 0 aromatic carbocycles. The highest BCUT2D eigenvalue weighted by atomic mass is 32.2. The predicted molar refractivity (Wildman–Crippen MR) is 58.1 cm³/mol. The molecule has 1 saturated heterocycles. The lowest BCUT2D eigenvalue weighted by atomic mass is 10.0. The van der Waals surface area contributed by atoms with Crippen molar-refractivity contribution >= 4 is 15.9 Å². The van der Waals surface area contributed by atoms with Crippen molar-refractivity contribution in [1.82, 2.24) is 0 Å². The van der Waals surface area contributed by atoms with Gasteiger partial charge in [0.15, 0.2) is 9.84 Å². The predicted octanol–water partition coefficient (Wildman–Crippen LogP) is 1.09. The molecular formula is C10H15NO3S. The average Bonchev–Trinajstić information content (AvgIpc) is 2.16. The van der Waals surface area contributed by atoms with Crippen LogP contribution in [0.15, 0.2) is 17.1 Å². The van der Waals surface area contributed by atoms with Gasteiger partial charge in [-0.3, -0.25) is 0 Å². The molecule has 4 nitrogen and oxygen atoms in total. The summed E-state index contributed by atoms with van der Waals surface area (Å²) >= 11 is 0. The Hall–Kier alpha value is -0.930. The summed E-state index contributed by atoms with van der Waals surface area (Å²) in [5.41, 5.74) is 0. The molecule has 1 aliphatic heterocycles. The molecular weight excluding hydrogens is 214 g/mol. The minimum atomic E-state index is -2.80. The van der Waals surface area contributed by atoms with Crippen molar-refractivity contribution in [3.05, 3.63) is 12.2 Å². The molecule has 0 aliphatic carbocycles. The number of isocyanates is 1. The number of sulfone groups is 1. The van der Waals surface area contributed by atoms with E-state index in [1.807, 2.05) is 6.08 Å². The average molecular weight is 229 g/mol. The van der Waals surface area contributed by atoms with Crippen molar-refractivity contribution in [3.63, 3.8) is 0 Å². The molecule has 0 aromatic rings. The fraction of sp³-hybridized carbons (Fsp3) is 0.700. The highest BCUT2D eigenvalue weighted by molar-refractivity contribution is 7.91. The van der Waals surface area contributed by atoms with E-state index in [0.717, 1.165) is 19.3 Å². The molecule has 1 heterocycles. The summed E-state index contributed by atoms with van der Waals surface area (Å²) in [6.07, 6.45) is 7.61. The minimum absolute atomic E-state index is 0.236. The Morgan fingerprint density at radius 1 is 1.40 bits per heavy atom. The van der Waals surface area contributed by atoms with Gasteiger partial charge in [0.25, 0.3) is 0 Å². The van der Waals surface area contributed by atoms with Crippen LogP contribution in [0.1, 0.15) is 19.3 Å². The first kappa shape index (κ1) is 12.1. The number of aliphatic imine (C=N–C) groups is 1. The summed E-state index contributed by atoms with van der Waals surface area (Å²) < 4.78 is 22.6. The van der Waals surface area contributed by atoms with E-state index < -0.39 is 9.84 Å². The Balaban J connectivity index is 2.33. The third-order valence-corrected chi connectivity index (χ3v) is 4.34. The maximum Gasteiger partial charge on any atom is 0.235 e. The first-order valence-corrected chi connectivity index (χ1v) is 6.85.